The van der Waals surface area contributed by atoms with E-state index in [-0.39, 0.29) is 0 Å². The van der Waals surface area contributed by atoms with Crippen molar-refractivity contribution in [3.8, 4) is 0 Å². The van der Waals surface area contributed by atoms with Crippen LogP contribution in [0.4, 0.5) is 10.2 Å². The van der Waals surface area contributed by atoms with Crippen LogP contribution in [0, 0.1) is 12.8 Å². The number of rotatable bonds is 7. The fourth-order valence-corrected chi connectivity index (χ4v) is 1.76. The minimum Gasteiger partial charge on any atom is -0.383 e. The number of anilines is 1. The van der Waals surface area contributed by atoms with Gasteiger partial charge in [-0.2, -0.15) is 5.54 Å². The highest BCUT2D eigenvalue weighted by Crippen LogP contribution is 2.20. The first-order valence-electron chi connectivity index (χ1n) is 6.30. The molecule has 0 amide bonds. The van der Waals surface area contributed by atoms with Gasteiger partial charge in [0.05, 0.1) is 0 Å². The quantitative estimate of drug-likeness (QED) is 0.561. The summed E-state index contributed by atoms with van der Waals surface area (Å²) in [5.41, 5.74) is 5.35. The highest BCUT2D eigenvalue weighted by molar-refractivity contribution is 5.53. The van der Waals surface area contributed by atoms with E-state index in [0.717, 1.165) is 12.1 Å². The molecular weight excluding hydrogens is 215 g/mol. The van der Waals surface area contributed by atoms with E-state index < -0.39 is 0 Å². The Kier molecular flexibility index (Phi) is 5.98. The van der Waals surface area contributed by atoms with Crippen LogP contribution in [-0.4, -0.2) is 13.1 Å². The summed E-state index contributed by atoms with van der Waals surface area (Å²) in [7, 11) is 0. The van der Waals surface area contributed by atoms with Gasteiger partial charge >= 0.3 is 0 Å². The van der Waals surface area contributed by atoms with Gasteiger partial charge in [0.15, 0.2) is 0 Å². The molecule has 96 valence electrons. The van der Waals surface area contributed by atoms with E-state index in [2.05, 4.69) is 44.3 Å². The monoisotopic (exact) mass is 238 g/mol. The van der Waals surface area contributed by atoms with Crippen molar-refractivity contribution in [2.75, 3.05) is 18.4 Å². The molecule has 0 saturated heterocycles. The van der Waals surface area contributed by atoms with Gasteiger partial charge in [-0.1, -0.05) is 26.0 Å². The zero-order valence-corrected chi connectivity index (χ0v) is 11.0. The molecule has 0 spiro atoms. The third-order valence-electron chi connectivity index (χ3n) is 2.79. The molecule has 2 N–H and O–H groups in total. The fraction of sp³-hybridized carbons (Fsp3) is 0.571. The Labute approximate surface area is 104 Å². The summed E-state index contributed by atoms with van der Waals surface area (Å²) in [4.78, 5) is 0. The van der Waals surface area contributed by atoms with Crippen LogP contribution in [0.5, 0.6) is 0 Å². The average molecular weight is 238 g/mol. The second-order valence-electron chi connectivity index (χ2n) is 4.90. The molecule has 0 aliphatic carbocycles. The van der Waals surface area contributed by atoms with Gasteiger partial charge in [0, 0.05) is 18.8 Å². The van der Waals surface area contributed by atoms with E-state index in [0.29, 0.717) is 19.0 Å². The Morgan fingerprint density at radius 3 is 2.65 bits per heavy atom. The highest BCUT2D eigenvalue weighted by Gasteiger charge is 2.04. The van der Waals surface area contributed by atoms with E-state index in [1.807, 2.05) is 0 Å². The molecular formula is C14H23FN2. The Morgan fingerprint density at radius 1 is 1.24 bits per heavy atom. The fourth-order valence-electron chi connectivity index (χ4n) is 1.76. The van der Waals surface area contributed by atoms with Crippen LogP contribution in [0.1, 0.15) is 31.4 Å². The SMILES string of the molecule is Cc1ccc(CCC(C)C)c(NCCNF)c1. The molecule has 1 aromatic carbocycles. The van der Waals surface area contributed by atoms with Crippen molar-refractivity contribution >= 4 is 5.69 Å². The summed E-state index contributed by atoms with van der Waals surface area (Å²) in [5, 5.41) is 3.28. The minimum atomic E-state index is 0.331. The minimum absolute atomic E-state index is 0.331. The molecule has 0 bridgehead atoms. The van der Waals surface area contributed by atoms with Crippen LogP contribution in [0.3, 0.4) is 0 Å². The molecule has 1 aromatic rings. The number of benzene rings is 1. The number of hydrogen-bond acceptors (Lipinski definition) is 2. The molecule has 17 heavy (non-hydrogen) atoms. The van der Waals surface area contributed by atoms with Gasteiger partial charge in [-0.15, -0.1) is 4.48 Å². The third-order valence-corrected chi connectivity index (χ3v) is 2.79. The molecule has 3 heteroatoms. The predicted molar refractivity (Wildman–Crippen MR) is 71.9 cm³/mol. The van der Waals surface area contributed by atoms with Crippen LogP contribution < -0.4 is 10.9 Å². The summed E-state index contributed by atoms with van der Waals surface area (Å²) >= 11 is 0. The lowest BCUT2D eigenvalue weighted by atomic mass is 10.00. The summed E-state index contributed by atoms with van der Waals surface area (Å²) in [5.74, 6) is 0.705. The molecule has 0 heterocycles. The average Bonchev–Trinajstić information content (AvgIpc) is 2.28. The molecule has 0 radical (unpaired) electrons. The zero-order chi connectivity index (χ0) is 12.7. The molecule has 0 saturated carbocycles. The lowest BCUT2D eigenvalue weighted by Crippen LogP contribution is -2.15. The van der Waals surface area contributed by atoms with Crippen molar-refractivity contribution < 1.29 is 4.48 Å². The van der Waals surface area contributed by atoms with Gasteiger partial charge in [0.25, 0.3) is 0 Å². The van der Waals surface area contributed by atoms with Gasteiger partial charge in [-0.05, 0) is 42.9 Å². The Morgan fingerprint density at radius 2 is 2.00 bits per heavy atom. The van der Waals surface area contributed by atoms with E-state index in [9.17, 15) is 4.48 Å². The van der Waals surface area contributed by atoms with Crippen LogP contribution in [0.2, 0.25) is 0 Å². The van der Waals surface area contributed by atoms with E-state index in [1.165, 1.54) is 17.5 Å². The summed E-state index contributed by atoms with van der Waals surface area (Å²) < 4.78 is 11.8. The van der Waals surface area contributed by atoms with Gasteiger partial charge in [0.2, 0.25) is 0 Å². The number of hydrogen-bond donors (Lipinski definition) is 2. The second kappa shape index (κ2) is 7.28. The van der Waals surface area contributed by atoms with Gasteiger partial charge in [-0.3, -0.25) is 0 Å². The first-order valence-corrected chi connectivity index (χ1v) is 6.30. The molecule has 0 fully saturated rings. The molecule has 2 nitrogen and oxygen atoms in total. The first-order chi connectivity index (χ1) is 8.13. The van der Waals surface area contributed by atoms with Crippen molar-refractivity contribution in [1.82, 2.24) is 5.54 Å². The lowest BCUT2D eigenvalue weighted by molar-refractivity contribution is 0.343. The van der Waals surface area contributed by atoms with Gasteiger partial charge in [0.1, 0.15) is 0 Å². The number of nitrogens with one attached hydrogen (secondary N) is 2. The van der Waals surface area contributed by atoms with Crippen LogP contribution in [0.15, 0.2) is 18.2 Å². The van der Waals surface area contributed by atoms with Gasteiger partial charge in [-0.25, -0.2) is 0 Å². The first kappa shape index (κ1) is 14.0. The van der Waals surface area contributed by atoms with Crippen LogP contribution >= 0.6 is 0 Å². The van der Waals surface area contributed by atoms with Crippen molar-refractivity contribution in [2.24, 2.45) is 5.92 Å². The maximum absolute atomic E-state index is 11.8. The van der Waals surface area contributed by atoms with Crippen LogP contribution in [0.25, 0.3) is 0 Å². The number of halogens is 1. The van der Waals surface area contributed by atoms with E-state index in [1.54, 1.807) is 5.54 Å². The van der Waals surface area contributed by atoms with E-state index in [4.69, 9.17) is 0 Å². The Bertz CT molecular complexity index is 337. The largest absolute Gasteiger partial charge is 0.383 e. The van der Waals surface area contributed by atoms with Crippen LogP contribution in [-0.2, 0) is 6.42 Å². The maximum atomic E-state index is 11.8. The molecule has 0 aliphatic rings. The summed E-state index contributed by atoms with van der Waals surface area (Å²) in [6, 6.07) is 6.44. The predicted octanol–water partition coefficient (Wildman–Crippen LogP) is 3.47. The zero-order valence-electron chi connectivity index (χ0n) is 11.0. The smallest absolute Gasteiger partial charge is 0.0433 e. The van der Waals surface area contributed by atoms with Crippen molar-refractivity contribution in [3.05, 3.63) is 29.3 Å². The van der Waals surface area contributed by atoms with Crippen molar-refractivity contribution in [2.45, 2.75) is 33.6 Å². The highest BCUT2D eigenvalue weighted by atomic mass is 19.2. The second-order valence-corrected chi connectivity index (χ2v) is 4.90. The normalized spacial score (nSPS) is 10.9. The van der Waals surface area contributed by atoms with E-state index >= 15 is 0 Å². The molecule has 0 unspecified atom stereocenters. The van der Waals surface area contributed by atoms with Gasteiger partial charge < -0.3 is 5.32 Å². The molecule has 0 atom stereocenters. The summed E-state index contributed by atoms with van der Waals surface area (Å²) in [6.45, 7) is 7.47. The lowest BCUT2D eigenvalue weighted by Gasteiger charge is -2.13. The maximum Gasteiger partial charge on any atom is 0.0433 e. The molecule has 0 aliphatic heterocycles. The third kappa shape index (κ3) is 5.18. The standard InChI is InChI=1S/C14H23FN2/c1-11(2)4-6-13-7-5-12(3)10-14(13)16-8-9-17-15/h5,7,10-11,16-17H,4,6,8-9H2,1-3H3. The number of aryl methyl sites for hydroxylation is 2. The van der Waals surface area contributed by atoms with Crippen molar-refractivity contribution in [3.63, 3.8) is 0 Å². The Hall–Kier alpha value is -1.09. The topological polar surface area (TPSA) is 24.1 Å². The summed E-state index contributed by atoms with van der Waals surface area (Å²) in [6.07, 6.45) is 2.25. The molecule has 1 rings (SSSR count). The molecule has 0 aromatic heterocycles. The van der Waals surface area contributed by atoms with Crippen molar-refractivity contribution in [1.29, 1.82) is 0 Å². The Balaban J connectivity index is 2.66.